The fourth-order valence-electron chi connectivity index (χ4n) is 1.80. The standard InChI is InChI=1S/C13H15BrN4O/c1-7-4-9(5-8(2)10(7)14)18-12-11(15)13(19-3)17-6-16-12/h4-6H,15H2,1-3H3,(H,16,17,18). The van der Waals surface area contributed by atoms with Gasteiger partial charge in [0.1, 0.15) is 12.0 Å². The van der Waals surface area contributed by atoms with E-state index in [1.165, 1.54) is 13.4 Å². The molecule has 0 spiro atoms. The van der Waals surface area contributed by atoms with Gasteiger partial charge in [0.15, 0.2) is 5.82 Å². The average molecular weight is 323 g/mol. The van der Waals surface area contributed by atoms with Crippen molar-refractivity contribution in [2.24, 2.45) is 0 Å². The summed E-state index contributed by atoms with van der Waals surface area (Å²) in [6.45, 7) is 4.07. The van der Waals surface area contributed by atoms with Crippen LogP contribution in [-0.2, 0) is 0 Å². The molecular weight excluding hydrogens is 308 g/mol. The number of hydrogen-bond donors (Lipinski definition) is 2. The van der Waals surface area contributed by atoms with E-state index in [4.69, 9.17) is 10.5 Å². The zero-order chi connectivity index (χ0) is 14.0. The molecule has 2 rings (SSSR count). The Morgan fingerprint density at radius 1 is 1.21 bits per heavy atom. The molecule has 0 aliphatic heterocycles. The van der Waals surface area contributed by atoms with Gasteiger partial charge in [-0.3, -0.25) is 0 Å². The molecule has 19 heavy (non-hydrogen) atoms. The molecule has 5 nitrogen and oxygen atoms in total. The predicted octanol–water partition coefficient (Wildman–Crippen LogP) is 3.19. The number of nitrogens with two attached hydrogens (primary N) is 1. The Balaban J connectivity index is 2.36. The maximum absolute atomic E-state index is 5.93. The quantitative estimate of drug-likeness (QED) is 0.907. The summed E-state index contributed by atoms with van der Waals surface area (Å²) in [5.41, 5.74) is 9.52. The smallest absolute Gasteiger partial charge is 0.242 e. The number of nitrogens with zero attached hydrogens (tertiary/aromatic N) is 2. The van der Waals surface area contributed by atoms with E-state index in [1.54, 1.807) is 0 Å². The van der Waals surface area contributed by atoms with Crippen LogP contribution in [0.1, 0.15) is 11.1 Å². The van der Waals surface area contributed by atoms with Crippen LogP contribution in [0.2, 0.25) is 0 Å². The van der Waals surface area contributed by atoms with Crippen LogP contribution in [0.3, 0.4) is 0 Å². The molecule has 1 aromatic carbocycles. The first-order valence-corrected chi connectivity index (χ1v) is 6.50. The van der Waals surface area contributed by atoms with Gasteiger partial charge in [-0.15, -0.1) is 0 Å². The van der Waals surface area contributed by atoms with E-state index in [0.29, 0.717) is 17.4 Å². The van der Waals surface area contributed by atoms with Crippen molar-refractivity contribution < 1.29 is 4.74 Å². The second kappa shape index (κ2) is 5.44. The SMILES string of the molecule is COc1ncnc(Nc2cc(C)c(Br)c(C)c2)c1N. The Labute approximate surface area is 120 Å². The molecule has 1 aromatic heterocycles. The van der Waals surface area contributed by atoms with Crippen molar-refractivity contribution in [2.75, 3.05) is 18.2 Å². The topological polar surface area (TPSA) is 73.1 Å². The lowest BCUT2D eigenvalue weighted by atomic mass is 10.1. The second-order valence-electron chi connectivity index (χ2n) is 4.19. The Morgan fingerprint density at radius 2 is 1.84 bits per heavy atom. The average Bonchev–Trinajstić information content (AvgIpc) is 2.38. The summed E-state index contributed by atoms with van der Waals surface area (Å²) in [6, 6.07) is 4.04. The third-order valence-electron chi connectivity index (χ3n) is 2.74. The maximum Gasteiger partial charge on any atom is 0.242 e. The van der Waals surface area contributed by atoms with Gasteiger partial charge in [0.05, 0.1) is 7.11 Å². The van der Waals surface area contributed by atoms with Gasteiger partial charge >= 0.3 is 0 Å². The van der Waals surface area contributed by atoms with Gasteiger partial charge in [-0.25, -0.2) is 4.98 Å². The number of ether oxygens (including phenoxy) is 1. The van der Waals surface area contributed by atoms with Crippen LogP contribution in [0.5, 0.6) is 5.88 Å². The largest absolute Gasteiger partial charge is 0.479 e. The fourth-order valence-corrected chi connectivity index (χ4v) is 2.03. The second-order valence-corrected chi connectivity index (χ2v) is 4.99. The summed E-state index contributed by atoms with van der Waals surface area (Å²) in [4.78, 5) is 8.07. The van der Waals surface area contributed by atoms with E-state index in [0.717, 1.165) is 21.3 Å². The molecule has 0 radical (unpaired) electrons. The highest BCUT2D eigenvalue weighted by molar-refractivity contribution is 9.10. The highest BCUT2D eigenvalue weighted by Crippen LogP contribution is 2.30. The number of aryl methyl sites for hydroxylation is 2. The van der Waals surface area contributed by atoms with Gasteiger partial charge < -0.3 is 15.8 Å². The molecule has 0 amide bonds. The number of rotatable bonds is 3. The molecule has 6 heteroatoms. The molecular formula is C13H15BrN4O. The highest BCUT2D eigenvalue weighted by Gasteiger charge is 2.09. The maximum atomic E-state index is 5.93. The summed E-state index contributed by atoms with van der Waals surface area (Å²) in [5, 5.41) is 3.18. The first kappa shape index (κ1) is 13.6. The van der Waals surface area contributed by atoms with Crippen molar-refractivity contribution in [2.45, 2.75) is 13.8 Å². The molecule has 0 saturated heterocycles. The van der Waals surface area contributed by atoms with Crippen molar-refractivity contribution in [1.29, 1.82) is 0 Å². The van der Waals surface area contributed by atoms with Gasteiger partial charge in [-0.1, -0.05) is 15.9 Å². The van der Waals surface area contributed by atoms with Gasteiger partial charge in [-0.05, 0) is 37.1 Å². The molecule has 0 fully saturated rings. The molecule has 1 heterocycles. The van der Waals surface area contributed by atoms with Crippen LogP contribution >= 0.6 is 15.9 Å². The molecule has 0 aliphatic carbocycles. The van der Waals surface area contributed by atoms with Crippen LogP contribution in [0.4, 0.5) is 17.2 Å². The highest BCUT2D eigenvalue weighted by atomic mass is 79.9. The Hall–Kier alpha value is -1.82. The van der Waals surface area contributed by atoms with E-state index in [1.807, 2.05) is 26.0 Å². The van der Waals surface area contributed by atoms with Crippen molar-refractivity contribution in [3.8, 4) is 5.88 Å². The fraction of sp³-hybridized carbons (Fsp3) is 0.231. The normalized spacial score (nSPS) is 10.3. The van der Waals surface area contributed by atoms with E-state index in [-0.39, 0.29) is 0 Å². The minimum atomic E-state index is 0.364. The number of nitrogens with one attached hydrogen (secondary N) is 1. The lowest BCUT2D eigenvalue weighted by molar-refractivity contribution is 0.399. The van der Waals surface area contributed by atoms with E-state index < -0.39 is 0 Å². The van der Waals surface area contributed by atoms with Crippen LogP contribution in [0.25, 0.3) is 0 Å². The van der Waals surface area contributed by atoms with Crippen LogP contribution < -0.4 is 15.8 Å². The van der Waals surface area contributed by atoms with Gasteiger partial charge in [-0.2, -0.15) is 4.98 Å². The van der Waals surface area contributed by atoms with Crippen molar-refractivity contribution in [1.82, 2.24) is 9.97 Å². The third kappa shape index (κ3) is 2.78. The number of benzene rings is 1. The molecule has 0 saturated carbocycles. The van der Waals surface area contributed by atoms with Crippen molar-refractivity contribution in [3.63, 3.8) is 0 Å². The third-order valence-corrected chi connectivity index (χ3v) is 3.99. The first-order chi connectivity index (χ1) is 9.02. The summed E-state index contributed by atoms with van der Waals surface area (Å²) in [6.07, 6.45) is 1.41. The number of nitrogen functional groups attached to an aromatic ring is 1. The van der Waals surface area contributed by atoms with E-state index in [9.17, 15) is 0 Å². The molecule has 2 aromatic rings. The molecule has 100 valence electrons. The zero-order valence-electron chi connectivity index (χ0n) is 11.0. The number of methoxy groups -OCH3 is 1. The van der Waals surface area contributed by atoms with Crippen LogP contribution in [0.15, 0.2) is 22.9 Å². The zero-order valence-corrected chi connectivity index (χ0v) is 12.6. The number of anilines is 3. The number of hydrogen-bond acceptors (Lipinski definition) is 5. The summed E-state index contributed by atoms with van der Waals surface area (Å²) >= 11 is 3.54. The summed E-state index contributed by atoms with van der Waals surface area (Å²) in [5.74, 6) is 0.899. The van der Waals surface area contributed by atoms with E-state index in [2.05, 4.69) is 31.2 Å². The number of aromatic nitrogens is 2. The van der Waals surface area contributed by atoms with Gasteiger partial charge in [0, 0.05) is 10.2 Å². The van der Waals surface area contributed by atoms with Crippen molar-refractivity contribution >= 4 is 33.1 Å². The van der Waals surface area contributed by atoms with Crippen LogP contribution in [0, 0.1) is 13.8 Å². The summed E-state index contributed by atoms with van der Waals surface area (Å²) in [7, 11) is 1.52. The monoisotopic (exact) mass is 322 g/mol. The number of halogens is 1. The Kier molecular flexibility index (Phi) is 3.90. The minimum Gasteiger partial charge on any atom is -0.479 e. The van der Waals surface area contributed by atoms with Gasteiger partial charge in [0.2, 0.25) is 5.88 Å². The van der Waals surface area contributed by atoms with Gasteiger partial charge in [0.25, 0.3) is 0 Å². The predicted molar refractivity (Wildman–Crippen MR) is 79.9 cm³/mol. The minimum absolute atomic E-state index is 0.364. The lowest BCUT2D eigenvalue weighted by Gasteiger charge is -2.12. The first-order valence-electron chi connectivity index (χ1n) is 5.71. The molecule has 0 atom stereocenters. The van der Waals surface area contributed by atoms with E-state index >= 15 is 0 Å². The molecule has 0 bridgehead atoms. The lowest BCUT2D eigenvalue weighted by Crippen LogP contribution is -2.03. The Morgan fingerprint density at radius 3 is 2.42 bits per heavy atom. The van der Waals surface area contributed by atoms with Crippen LogP contribution in [-0.4, -0.2) is 17.1 Å². The van der Waals surface area contributed by atoms with Crippen molar-refractivity contribution in [3.05, 3.63) is 34.1 Å². The Bertz CT molecular complexity index is 593. The molecule has 0 unspecified atom stereocenters. The summed E-state index contributed by atoms with van der Waals surface area (Å²) < 4.78 is 6.17. The molecule has 3 N–H and O–H groups in total. The molecule has 0 aliphatic rings.